The molecule has 0 radical (unpaired) electrons. The first-order valence-corrected chi connectivity index (χ1v) is 8.80. The van der Waals surface area contributed by atoms with Crippen LogP contribution in [0.5, 0.6) is 17.2 Å². The van der Waals surface area contributed by atoms with Gasteiger partial charge < -0.3 is 19.5 Å². The maximum atomic E-state index is 12.5. The second kappa shape index (κ2) is 7.25. The molecule has 2 heterocycles. The number of nitrogens with one attached hydrogen (secondary N) is 1. The lowest BCUT2D eigenvalue weighted by Gasteiger charge is -2.24. The first kappa shape index (κ1) is 16.7. The van der Waals surface area contributed by atoms with E-state index in [2.05, 4.69) is 22.3 Å². The van der Waals surface area contributed by atoms with Crippen LogP contribution >= 0.6 is 0 Å². The quantitative estimate of drug-likeness (QED) is 0.893. The van der Waals surface area contributed by atoms with Crippen molar-refractivity contribution in [1.82, 2.24) is 4.90 Å². The van der Waals surface area contributed by atoms with E-state index in [9.17, 15) is 4.79 Å². The molecule has 0 aliphatic carbocycles. The molecule has 6 nitrogen and oxygen atoms in total. The zero-order valence-electron chi connectivity index (χ0n) is 14.7. The molecule has 2 aromatic rings. The fourth-order valence-corrected chi connectivity index (χ4v) is 3.60. The molecular weight excluding hydrogens is 332 g/mol. The average molecular weight is 354 g/mol. The van der Waals surface area contributed by atoms with Crippen LogP contribution in [0.25, 0.3) is 0 Å². The minimum Gasteiger partial charge on any atom is -0.497 e. The van der Waals surface area contributed by atoms with Crippen molar-refractivity contribution < 1.29 is 19.0 Å². The van der Waals surface area contributed by atoms with Crippen LogP contribution in [-0.2, 0) is 4.79 Å². The summed E-state index contributed by atoms with van der Waals surface area (Å²) in [6.07, 6.45) is 2.13. The van der Waals surface area contributed by atoms with E-state index in [0.29, 0.717) is 18.0 Å². The molecule has 0 spiro atoms. The highest BCUT2D eigenvalue weighted by molar-refractivity contribution is 5.92. The second-order valence-electron chi connectivity index (χ2n) is 6.52. The Hall–Kier alpha value is -2.73. The summed E-state index contributed by atoms with van der Waals surface area (Å²) in [7, 11) is 1.67. The first-order valence-electron chi connectivity index (χ1n) is 8.80. The Morgan fingerprint density at radius 1 is 1.23 bits per heavy atom. The molecule has 1 fully saturated rings. The van der Waals surface area contributed by atoms with Crippen molar-refractivity contribution in [3.05, 3.63) is 48.0 Å². The Morgan fingerprint density at radius 3 is 3.00 bits per heavy atom. The Morgan fingerprint density at radius 2 is 2.12 bits per heavy atom. The standard InChI is InChI=1S/C20H22N2O4/c1-24-16-5-2-4-14(10-16)17-6-3-9-22(17)12-20(23)21-15-7-8-18-19(11-15)26-13-25-18/h2,4-5,7-8,10-11,17H,3,6,9,12-13H2,1H3,(H,21,23)/t17-/m1/s1. The molecule has 1 atom stereocenters. The first-order chi connectivity index (χ1) is 12.7. The number of fused-ring (bicyclic) bond motifs is 1. The summed E-state index contributed by atoms with van der Waals surface area (Å²) in [6, 6.07) is 13.8. The number of likely N-dealkylation sites (tertiary alicyclic amines) is 1. The number of carbonyl (C=O) groups is 1. The predicted molar refractivity (Wildman–Crippen MR) is 97.7 cm³/mol. The highest BCUT2D eigenvalue weighted by Gasteiger charge is 2.28. The van der Waals surface area contributed by atoms with Crippen LogP contribution in [0, 0.1) is 0 Å². The molecule has 2 aliphatic heterocycles. The lowest BCUT2D eigenvalue weighted by Crippen LogP contribution is -2.32. The minimum absolute atomic E-state index is 0.0290. The molecule has 1 amide bonds. The lowest BCUT2D eigenvalue weighted by atomic mass is 10.0. The van der Waals surface area contributed by atoms with E-state index >= 15 is 0 Å². The van der Waals surface area contributed by atoms with Gasteiger partial charge in [0.05, 0.1) is 13.7 Å². The van der Waals surface area contributed by atoms with Crippen LogP contribution in [0.1, 0.15) is 24.4 Å². The molecule has 136 valence electrons. The molecule has 1 saturated heterocycles. The van der Waals surface area contributed by atoms with Gasteiger partial charge in [0, 0.05) is 17.8 Å². The monoisotopic (exact) mass is 354 g/mol. The van der Waals surface area contributed by atoms with Crippen LogP contribution in [0.2, 0.25) is 0 Å². The molecule has 26 heavy (non-hydrogen) atoms. The summed E-state index contributed by atoms with van der Waals surface area (Å²) >= 11 is 0. The number of nitrogens with zero attached hydrogens (tertiary/aromatic N) is 1. The second-order valence-corrected chi connectivity index (χ2v) is 6.52. The van der Waals surface area contributed by atoms with Crippen LogP contribution in [-0.4, -0.2) is 37.8 Å². The van der Waals surface area contributed by atoms with Gasteiger partial charge in [-0.1, -0.05) is 12.1 Å². The SMILES string of the molecule is COc1cccc([C@H]2CCCN2CC(=O)Nc2ccc3c(c2)OCO3)c1. The number of rotatable bonds is 5. The van der Waals surface area contributed by atoms with Crippen molar-refractivity contribution in [1.29, 1.82) is 0 Å². The van der Waals surface area contributed by atoms with E-state index in [1.54, 1.807) is 13.2 Å². The van der Waals surface area contributed by atoms with Gasteiger partial charge in [-0.2, -0.15) is 0 Å². The summed E-state index contributed by atoms with van der Waals surface area (Å²) in [5.74, 6) is 2.19. The van der Waals surface area contributed by atoms with Crippen molar-refractivity contribution in [3.8, 4) is 17.2 Å². The topological polar surface area (TPSA) is 60.0 Å². The van der Waals surface area contributed by atoms with Crippen molar-refractivity contribution >= 4 is 11.6 Å². The molecule has 6 heteroatoms. The zero-order chi connectivity index (χ0) is 17.9. The number of amides is 1. The summed E-state index contributed by atoms with van der Waals surface area (Å²) < 4.78 is 16.0. The third kappa shape index (κ3) is 3.46. The summed E-state index contributed by atoms with van der Waals surface area (Å²) in [4.78, 5) is 14.7. The number of methoxy groups -OCH3 is 1. The van der Waals surface area contributed by atoms with Gasteiger partial charge in [0.2, 0.25) is 12.7 Å². The Balaban J connectivity index is 1.41. The summed E-state index contributed by atoms with van der Waals surface area (Å²) in [5, 5.41) is 2.95. The maximum absolute atomic E-state index is 12.5. The van der Waals surface area contributed by atoms with Gasteiger partial charge in [0.25, 0.3) is 0 Å². The van der Waals surface area contributed by atoms with Gasteiger partial charge in [-0.15, -0.1) is 0 Å². The van der Waals surface area contributed by atoms with Crippen LogP contribution in [0.4, 0.5) is 5.69 Å². The van der Waals surface area contributed by atoms with Crippen LogP contribution < -0.4 is 19.5 Å². The molecule has 0 bridgehead atoms. The zero-order valence-corrected chi connectivity index (χ0v) is 14.7. The maximum Gasteiger partial charge on any atom is 0.238 e. The van der Waals surface area contributed by atoms with Gasteiger partial charge in [-0.25, -0.2) is 0 Å². The summed E-state index contributed by atoms with van der Waals surface area (Å²) in [5.41, 5.74) is 1.91. The van der Waals surface area contributed by atoms with E-state index in [-0.39, 0.29) is 18.7 Å². The van der Waals surface area contributed by atoms with Crippen molar-refractivity contribution in [2.75, 3.05) is 32.3 Å². The number of carbonyl (C=O) groups excluding carboxylic acids is 1. The predicted octanol–water partition coefficient (Wildman–Crippen LogP) is 3.20. The van der Waals surface area contributed by atoms with Crippen LogP contribution in [0.15, 0.2) is 42.5 Å². The molecule has 0 aromatic heterocycles. The fourth-order valence-electron chi connectivity index (χ4n) is 3.60. The Kier molecular flexibility index (Phi) is 4.67. The van der Waals surface area contributed by atoms with Crippen molar-refractivity contribution in [3.63, 3.8) is 0 Å². The fraction of sp³-hybridized carbons (Fsp3) is 0.350. The molecule has 0 saturated carbocycles. The van der Waals surface area contributed by atoms with Crippen molar-refractivity contribution in [2.45, 2.75) is 18.9 Å². The highest BCUT2D eigenvalue weighted by Crippen LogP contribution is 2.35. The number of hydrogen-bond acceptors (Lipinski definition) is 5. The summed E-state index contributed by atoms with van der Waals surface area (Å²) in [6.45, 7) is 1.50. The van der Waals surface area contributed by atoms with Gasteiger partial charge in [-0.05, 0) is 49.2 Å². The average Bonchev–Trinajstić information content (AvgIpc) is 3.30. The van der Waals surface area contributed by atoms with Gasteiger partial charge in [0.15, 0.2) is 11.5 Å². The number of benzene rings is 2. The third-order valence-corrected chi connectivity index (χ3v) is 4.85. The van der Waals surface area contributed by atoms with Gasteiger partial charge in [0.1, 0.15) is 5.75 Å². The third-order valence-electron chi connectivity index (χ3n) is 4.85. The van der Waals surface area contributed by atoms with Gasteiger partial charge >= 0.3 is 0 Å². The van der Waals surface area contributed by atoms with Gasteiger partial charge in [-0.3, -0.25) is 9.69 Å². The molecular formula is C20H22N2O4. The normalized spacial score (nSPS) is 18.7. The minimum atomic E-state index is -0.0290. The van der Waals surface area contributed by atoms with Crippen LogP contribution in [0.3, 0.4) is 0 Å². The molecule has 1 N–H and O–H groups in total. The van der Waals surface area contributed by atoms with E-state index in [1.807, 2.05) is 24.3 Å². The van der Waals surface area contributed by atoms with E-state index in [0.717, 1.165) is 30.8 Å². The smallest absolute Gasteiger partial charge is 0.238 e. The van der Waals surface area contributed by atoms with E-state index in [4.69, 9.17) is 14.2 Å². The van der Waals surface area contributed by atoms with E-state index in [1.165, 1.54) is 5.56 Å². The lowest BCUT2D eigenvalue weighted by molar-refractivity contribution is -0.117. The molecule has 2 aromatic carbocycles. The number of hydrogen-bond donors (Lipinski definition) is 1. The van der Waals surface area contributed by atoms with E-state index < -0.39 is 0 Å². The molecule has 4 rings (SSSR count). The molecule has 0 unspecified atom stereocenters. The Labute approximate surface area is 152 Å². The largest absolute Gasteiger partial charge is 0.497 e. The van der Waals surface area contributed by atoms with Crippen molar-refractivity contribution in [2.24, 2.45) is 0 Å². The number of anilines is 1. The molecule has 2 aliphatic rings. The Bertz CT molecular complexity index is 808. The number of ether oxygens (including phenoxy) is 3. The highest BCUT2D eigenvalue weighted by atomic mass is 16.7.